The van der Waals surface area contributed by atoms with E-state index in [1.165, 1.54) is 0 Å². The van der Waals surface area contributed by atoms with Crippen molar-refractivity contribution >= 4 is 17.4 Å². The first-order valence-corrected chi connectivity index (χ1v) is 6.96. The van der Waals surface area contributed by atoms with Gasteiger partial charge in [0.2, 0.25) is 5.89 Å². The normalized spacial score (nSPS) is 11.1. The van der Waals surface area contributed by atoms with E-state index in [4.69, 9.17) is 10.3 Å². The van der Waals surface area contributed by atoms with Crippen LogP contribution in [0.4, 0.5) is 5.69 Å². The maximum absolute atomic E-state index is 5.88. The molecule has 0 bridgehead atoms. The van der Waals surface area contributed by atoms with Crippen molar-refractivity contribution in [2.24, 2.45) is 0 Å². The summed E-state index contributed by atoms with van der Waals surface area (Å²) in [5.41, 5.74) is 7.66. The van der Waals surface area contributed by atoms with Crippen LogP contribution in [0.2, 0.25) is 0 Å². The van der Waals surface area contributed by atoms with Crippen LogP contribution in [-0.4, -0.2) is 15.4 Å². The summed E-state index contributed by atoms with van der Waals surface area (Å²) in [6.07, 6.45) is 0.589. The van der Waals surface area contributed by atoms with E-state index in [2.05, 4.69) is 24.0 Å². The number of rotatable bonds is 5. The smallest absolute Gasteiger partial charge is 0.231 e. The number of anilines is 1. The molecule has 0 fully saturated rings. The fourth-order valence-corrected chi connectivity index (χ4v) is 2.12. The zero-order valence-corrected chi connectivity index (χ0v) is 11.4. The molecule has 96 valence electrons. The van der Waals surface area contributed by atoms with E-state index in [9.17, 15) is 0 Å². The van der Waals surface area contributed by atoms with Gasteiger partial charge in [0.15, 0.2) is 5.82 Å². The minimum absolute atomic E-state index is 0.566. The first-order valence-electron chi connectivity index (χ1n) is 5.91. The third-order valence-electron chi connectivity index (χ3n) is 2.45. The van der Waals surface area contributed by atoms with Crippen molar-refractivity contribution in [2.45, 2.75) is 31.3 Å². The van der Waals surface area contributed by atoms with Crippen LogP contribution in [-0.2, 0) is 12.2 Å². The fraction of sp³-hybridized carbons (Fsp3) is 0.385. The molecule has 0 unspecified atom stereocenters. The lowest BCUT2D eigenvalue weighted by molar-refractivity contribution is 0.381. The van der Waals surface area contributed by atoms with Gasteiger partial charge in [0.1, 0.15) is 0 Å². The summed E-state index contributed by atoms with van der Waals surface area (Å²) in [5, 5.41) is 4.53. The Bertz CT molecular complexity index is 510. The number of nitrogens with two attached hydrogens (primary N) is 1. The van der Waals surface area contributed by atoms with Gasteiger partial charge >= 0.3 is 0 Å². The molecule has 2 N–H and O–H groups in total. The van der Waals surface area contributed by atoms with Crippen LogP contribution < -0.4 is 5.73 Å². The number of nitrogens with zero attached hydrogens (tertiary/aromatic N) is 2. The van der Waals surface area contributed by atoms with Gasteiger partial charge in [0, 0.05) is 5.69 Å². The van der Waals surface area contributed by atoms with E-state index in [0.29, 0.717) is 17.6 Å². The number of para-hydroxylation sites is 1. The Morgan fingerprint density at radius 1 is 1.33 bits per heavy atom. The van der Waals surface area contributed by atoms with Crippen LogP contribution >= 0.6 is 11.8 Å². The molecule has 0 saturated carbocycles. The van der Waals surface area contributed by atoms with E-state index in [0.717, 1.165) is 22.8 Å². The molecule has 1 aromatic carbocycles. The van der Waals surface area contributed by atoms with Gasteiger partial charge in [-0.15, -0.1) is 0 Å². The van der Waals surface area contributed by atoms with Gasteiger partial charge in [-0.1, -0.05) is 37.2 Å². The highest BCUT2D eigenvalue weighted by Gasteiger charge is 2.09. The molecule has 1 heterocycles. The molecule has 0 spiro atoms. The molecule has 1 aromatic heterocycles. The van der Waals surface area contributed by atoms with Crippen LogP contribution in [0.15, 0.2) is 28.8 Å². The van der Waals surface area contributed by atoms with Gasteiger partial charge in [0.05, 0.1) is 12.2 Å². The quantitative estimate of drug-likeness (QED) is 0.840. The van der Waals surface area contributed by atoms with Gasteiger partial charge in [-0.3, -0.25) is 0 Å². The second-order valence-corrected chi connectivity index (χ2v) is 5.90. The molecule has 18 heavy (non-hydrogen) atoms. The molecule has 0 amide bonds. The molecule has 2 rings (SSSR count). The van der Waals surface area contributed by atoms with Gasteiger partial charge in [0.25, 0.3) is 0 Å². The molecule has 0 aliphatic heterocycles. The number of hydrogen-bond acceptors (Lipinski definition) is 5. The Kier molecular flexibility index (Phi) is 4.25. The lowest BCUT2D eigenvalue weighted by Gasteiger charge is -2.01. The maximum atomic E-state index is 5.88. The third-order valence-corrected chi connectivity index (χ3v) is 3.54. The van der Waals surface area contributed by atoms with Crippen LogP contribution in [0.25, 0.3) is 0 Å². The van der Waals surface area contributed by atoms with Crippen molar-refractivity contribution in [2.75, 3.05) is 5.73 Å². The summed E-state index contributed by atoms with van der Waals surface area (Å²) in [7, 11) is 0. The van der Waals surface area contributed by atoms with Crippen molar-refractivity contribution < 1.29 is 4.52 Å². The van der Waals surface area contributed by atoms with Crippen molar-refractivity contribution in [1.29, 1.82) is 0 Å². The summed E-state index contributed by atoms with van der Waals surface area (Å²) in [4.78, 5) is 4.36. The number of benzene rings is 1. The molecular weight excluding hydrogens is 246 g/mol. The molecule has 0 radical (unpaired) electrons. The number of nitrogen functional groups attached to an aromatic ring is 1. The topological polar surface area (TPSA) is 64.9 Å². The molecule has 4 nitrogen and oxygen atoms in total. The van der Waals surface area contributed by atoms with E-state index in [-0.39, 0.29) is 0 Å². The zero-order valence-electron chi connectivity index (χ0n) is 10.6. The second kappa shape index (κ2) is 5.91. The molecule has 5 heteroatoms. The highest BCUT2D eigenvalue weighted by atomic mass is 32.2. The van der Waals surface area contributed by atoms with Gasteiger partial charge in [-0.25, -0.2) is 0 Å². The molecule has 2 aromatic rings. The van der Waals surface area contributed by atoms with Crippen LogP contribution in [0.1, 0.15) is 31.1 Å². The van der Waals surface area contributed by atoms with Crippen LogP contribution in [0, 0.1) is 0 Å². The first kappa shape index (κ1) is 13.0. The summed E-state index contributed by atoms with van der Waals surface area (Å²) in [5.74, 6) is 2.15. The van der Waals surface area contributed by atoms with Crippen LogP contribution in [0.3, 0.4) is 0 Å². The predicted octanol–water partition coefficient (Wildman–Crippen LogP) is 2.88. The van der Waals surface area contributed by atoms with E-state index < -0.39 is 0 Å². The summed E-state index contributed by atoms with van der Waals surface area (Å²) < 4.78 is 5.23. The third kappa shape index (κ3) is 3.50. The number of thioether (sulfide) groups is 1. The molecule has 0 aliphatic carbocycles. The van der Waals surface area contributed by atoms with Crippen LogP contribution in [0.5, 0.6) is 0 Å². The average Bonchev–Trinajstić information content (AvgIpc) is 2.77. The Morgan fingerprint density at radius 2 is 2.11 bits per heavy atom. The number of aromatic nitrogens is 2. The van der Waals surface area contributed by atoms with Crippen molar-refractivity contribution in [1.82, 2.24) is 10.1 Å². The molecule has 0 saturated heterocycles. The Hall–Kier alpha value is -1.49. The summed E-state index contributed by atoms with van der Waals surface area (Å²) in [6.45, 7) is 4.30. The standard InChI is InChI=1S/C13H17N3OS/c1-9(2)18-8-12-15-13(17-16-12)7-10-5-3-4-6-11(10)14/h3-6,9H,7-8,14H2,1-2H3. The van der Waals surface area contributed by atoms with Crippen molar-refractivity contribution in [3.8, 4) is 0 Å². The zero-order chi connectivity index (χ0) is 13.0. The average molecular weight is 263 g/mol. The van der Waals surface area contributed by atoms with E-state index in [1.54, 1.807) is 11.8 Å². The molecule has 0 aliphatic rings. The highest BCUT2D eigenvalue weighted by molar-refractivity contribution is 7.99. The highest BCUT2D eigenvalue weighted by Crippen LogP contribution is 2.17. The Balaban J connectivity index is 2.00. The maximum Gasteiger partial charge on any atom is 0.231 e. The van der Waals surface area contributed by atoms with E-state index >= 15 is 0 Å². The second-order valence-electron chi connectivity index (χ2n) is 4.34. The minimum Gasteiger partial charge on any atom is -0.398 e. The molecule has 0 atom stereocenters. The largest absolute Gasteiger partial charge is 0.398 e. The first-order chi connectivity index (χ1) is 8.65. The molecular formula is C13H17N3OS. The van der Waals surface area contributed by atoms with Crippen molar-refractivity contribution in [3.63, 3.8) is 0 Å². The lowest BCUT2D eigenvalue weighted by atomic mass is 10.1. The Morgan fingerprint density at radius 3 is 2.83 bits per heavy atom. The predicted molar refractivity (Wildman–Crippen MR) is 74.4 cm³/mol. The van der Waals surface area contributed by atoms with Gasteiger partial charge in [-0.2, -0.15) is 16.7 Å². The minimum atomic E-state index is 0.566. The van der Waals surface area contributed by atoms with Gasteiger partial charge in [-0.05, 0) is 16.9 Å². The SMILES string of the molecule is CC(C)SCc1noc(Cc2ccccc2N)n1. The van der Waals surface area contributed by atoms with Gasteiger partial charge < -0.3 is 10.3 Å². The fourth-order valence-electron chi connectivity index (χ4n) is 1.52. The Labute approximate surface area is 111 Å². The monoisotopic (exact) mass is 263 g/mol. The van der Waals surface area contributed by atoms with Crippen molar-refractivity contribution in [3.05, 3.63) is 41.5 Å². The van der Waals surface area contributed by atoms with E-state index in [1.807, 2.05) is 24.3 Å². The lowest BCUT2D eigenvalue weighted by Crippen LogP contribution is -1.96. The number of hydrogen-bond donors (Lipinski definition) is 1. The summed E-state index contributed by atoms with van der Waals surface area (Å²) in [6, 6.07) is 7.72. The summed E-state index contributed by atoms with van der Waals surface area (Å²) >= 11 is 1.80.